The minimum absolute atomic E-state index is 0.0335. The molecule has 0 N–H and O–H groups in total. The number of halogens is 1. The normalized spacial score (nSPS) is 26.9. The van der Waals surface area contributed by atoms with E-state index in [1.165, 1.54) is 47.7 Å². The first-order valence-electron chi connectivity index (χ1n) is 13.3. The molecular formula is C31H23ClN2O6S. The van der Waals surface area contributed by atoms with E-state index < -0.39 is 47.9 Å². The highest BCUT2D eigenvalue weighted by molar-refractivity contribution is 7.12. The number of Topliss-reactive ketones (excluding diaryl/α,β-unsaturated/α-hetero) is 1. The molecule has 3 fully saturated rings. The number of ether oxygens (including phenoxy) is 1. The lowest BCUT2D eigenvalue weighted by Crippen LogP contribution is -2.52. The fourth-order valence-corrected chi connectivity index (χ4v) is 7.49. The lowest BCUT2D eigenvalue weighted by atomic mass is 9.63. The Labute approximate surface area is 244 Å². The van der Waals surface area contributed by atoms with Gasteiger partial charge in [-0.15, -0.1) is 11.3 Å². The second kappa shape index (κ2) is 9.78. The summed E-state index contributed by atoms with van der Waals surface area (Å²) in [6, 6.07) is 15.6. The molecule has 2 heterocycles. The number of amides is 3. The molecule has 2 saturated carbocycles. The largest absolute Gasteiger partial charge is 0.422 e. The molecule has 5 aliphatic rings. The topological polar surface area (TPSA) is 101 Å². The van der Waals surface area contributed by atoms with Crippen LogP contribution in [0.2, 0.25) is 5.02 Å². The molecule has 3 amide bonds. The number of hydrogen-bond acceptors (Lipinski definition) is 7. The predicted molar refractivity (Wildman–Crippen MR) is 149 cm³/mol. The third-order valence-corrected chi connectivity index (χ3v) is 9.80. The van der Waals surface area contributed by atoms with Crippen LogP contribution in [-0.4, -0.2) is 46.0 Å². The molecule has 6 atom stereocenters. The maximum absolute atomic E-state index is 13.8. The summed E-state index contributed by atoms with van der Waals surface area (Å²) in [5, 5.41) is 3.75. The quantitative estimate of drug-likeness (QED) is 0.128. The van der Waals surface area contributed by atoms with Crippen molar-refractivity contribution in [3.05, 3.63) is 99.2 Å². The van der Waals surface area contributed by atoms with Crippen LogP contribution in [0.15, 0.2) is 78.2 Å². The van der Waals surface area contributed by atoms with Crippen molar-refractivity contribution in [1.29, 1.82) is 0 Å². The summed E-state index contributed by atoms with van der Waals surface area (Å²) in [6.07, 6.45) is 5.11. The van der Waals surface area contributed by atoms with Crippen molar-refractivity contribution in [3.8, 4) is 5.75 Å². The van der Waals surface area contributed by atoms with E-state index in [4.69, 9.17) is 16.3 Å². The zero-order chi connectivity index (χ0) is 28.4. The van der Waals surface area contributed by atoms with Gasteiger partial charge in [0.25, 0.3) is 17.7 Å². The minimum atomic E-state index is -0.712. The highest BCUT2D eigenvalue weighted by atomic mass is 35.5. The van der Waals surface area contributed by atoms with Gasteiger partial charge in [-0.1, -0.05) is 42.0 Å². The molecule has 10 heteroatoms. The molecule has 8 nitrogen and oxygen atoms in total. The molecule has 0 unspecified atom stereocenters. The van der Waals surface area contributed by atoms with Gasteiger partial charge in [-0.05, 0) is 77.9 Å². The van der Waals surface area contributed by atoms with Gasteiger partial charge in [0.2, 0.25) is 0 Å². The zero-order valence-corrected chi connectivity index (χ0v) is 23.1. The SMILES string of the molecule is O=C(CN(C(=O)c1ccccc1Cl)N1C(=O)[C@@H]2[C@H]3C=C[C@@H]([C@@H]4C[C@H]34)[C@@H]2C1=O)c1ccc(OC(=O)c2cccs2)cc1. The van der Waals surface area contributed by atoms with Gasteiger partial charge in [-0.3, -0.25) is 19.2 Å². The number of carbonyl (C=O) groups excluding carboxylic acids is 5. The average Bonchev–Trinajstić information content (AvgIpc) is 3.54. The molecule has 3 aromatic rings. The van der Waals surface area contributed by atoms with Crippen molar-refractivity contribution in [1.82, 2.24) is 10.0 Å². The minimum Gasteiger partial charge on any atom is -0.422 e. The van der Waals surface area contributed by atoms with Gasteiger partial charge >= 0.3 is 5.97 Å². The highest BCUT2D eigenvalue weighted by Crippen LogP contribution is 2.65. The molecule has 1 saturated heterocycles. The van der Waals surface area contributed by atoms with Crippen molar-refractivity contribution in [2.75, 3.05) is 6.54 Å². The molecule has 4 aliphatic carbocycles. The van der Waals surface area contributed by atoms with Gasteiger partial charge in [-0.2, -0.15) is 5.01 Å². The first-order valence-corrected chi connectivity index (χ1v) is 14.6. The smallest absolute Gasteiger partial charge is 0.353 e. The molecule has 1 aromatic heterocycles. The first-order chi connectivity index (χ1) is 19.8. The molecule has 8 rings (SSSR count). The molecule has 0 radical (unpaired) electrons. The molecule has 2 aromatic carbocycles. The van der Waals surface area contributed by atoms with Gasteiger partial charge in [0.05, 0.1) is 22.4 Å². The Morgan fingerprint density at radius 2 is 1.56 bits per heavy atom. The number of imide groups is 1. The lowest BCUT2D eigenvalue weighted by Gasteiger charge is -2.37. The summed E-state index contributed by atoms with van der Waals surface area (Å²) in [6.45, 7) is -0.551. The van der Waals surface area contributed by atoms with E-state index in [2.05, 4.69) is 0 Å². The van der Waals surface area contributed by atoms with Gasteiger partial charge in [-0.25, -0.2) is 9.80 Å². The molecular weight excluding hydrogens is 564 g/mol. The van der Waals surface area contributed by atoms with Crippen molar-refractivity contribution in [2.45, 2.75) is 6.42 Å². The van der Waals surface area contributed by atoms with Gasteiger partial charge in [0, 0.05) is 5.56 Å². The number of nitrogens with zero attached hydrogens (tertiary/aromatic N) is 2. The van der Waals surface area contributed by atoms with Crippen LogP contribution in [0.25, 0.3) is 0 Å². The fraction of sp³-hybridized carbons (Fsp3) is 0.258. The predicted octanol–water partition coefficient (Wildman–Crippen LogP) is 4.91. The number of hydrazine groups is 1. The van der Waals surface area contributed by atoms with Crippen molar-refractivity contribution in [3.63, 3.8) is 0 Å². The second-order valence-electron chi connectivity index (χ2n) is 10.8. The molecule has 206 valence electrons. The Kier molecular flexibility index (Phi) is 6.17. The van der Waals surface area contributed by atoms with Crippen LogP contribution in [0, 0.1) is 35.5 Å². The third kappa shape index (κ3) is 4.22. The Hall–Kier alpha value is -4.08. The molecule has 0 spiro atoms. The monoisotopic (exact) mass is 586 g/mol. The summed E-state index contributed by atoms with van der Waals surface area (Å²) in [7, 11) is 0. The number of carbonyl (C=O) groups is 5. The Bertz CT molecular complexity index is 1600. The maximum Gasteiger partial charge on any atom is 0.353 e. The van der Waals surface area contributed by atoms with Crippen molar-refractivity contribution in [2.24, 2.45) is 35.5 Å². The van der Waals surface area contributed by atoms with E-state index in [9.17, 15) is 24.0 Å². The van der Waals surface area contributed by atoms with E-state index in [-0.39, 0.29) is 33.7 Å². The van der Waals surface area contributed by atoms with Crippen LogP contribution in [0.5, 0.6) is 5.75 Å². The van der Waals surface area contributed by atoms with Crippen LogP contribution in [0.1, 0.15) is 36.8 Å². The molecule has 41 heavy (non-hydrogen) atoms. The van der Waals surface area contributed by atoms with E-state index in [0.717, 1.165) is 16.4 Å². The van der Waals surface area contributed by atoms with E-state index in [1.54, 1.807) is 29.6 Å². The Balaban J connectivity index is 1.16. The van der Waals surface area contributed by atoms with Gasteiger partial charge in [0.15, 0.2) is 5.78 Å². The Morgan fingerprint density at radius 1 is 0.902 bits per heavy atom. The maximum atomic E-state index is 13.8. The number of rotatable bonds is 7. The van der Waals surface area contributed by atoms with E-state index >= 15 is 0 Å². The van der Waals surface area contributed by atoms with Crippen LogP contribution < -0.4 is 4.74 Å². The summed E-state index contributed by atoms with van der Waals surface area (Å²) in [5.74, 6) is -2.72. The summed E-state index contributed by atoms with van der Waals surface area (Å²) in [5.41, 5.74) is 0.301. The van der Waals surface area contributed by atoms with Crippen molar-refractivity contribution >= 4 is 52.4 Å². The molecule has 1 aliphatic heterocycles. The summed E-state index contributed by atoms with van der Waals surface area (Å²) >= 11 is 7.58. The Morgan fingerprint density at radius 3 is 2.17 bits per heavy atom. The second-order valence-corrected chi connectivity index (χ2v) is 12.2. The third-order valence-electron chi connectivity index (χ3n) is 8.62. The number of hydrogen-bond donors (Lipinski definition) is 0. The van der Waals surface area contributed by atoms with Gasteiger partial charge in [0.1, 0.15) is 17.2 Å². The molecule has 2 bridgehead atoms. The summed E-state index contributed by atoms with van der Waals surface area (Å²) < 4.78 is 5.36. The highest BCUT2D eigenvalue weighted by Gasteiger charge is 2.68. The van der Waals surface area contributed by atoms with Gasteiger partial charge < -0.3 is 4.74 Å². The lowest BCUT2D eigenvalue weighted by molar-refractivity contribution is -0.154. The van der Waals surface area contributed by atoms with Crippen LogP contribution in [0.3, 0.4) is 0 Å². The number of esters is 1. The fourth-order valence-electron chi connectivity index (χ4n) is 6.67. The summed E-state index contributed by atoms with van der Waals surface area (Å²) in [4.78, 5) is 67.6. The number of ketones is 1. The van der Waals surface area contributed by atoms with Crippen molar-refractivity contribution < 1.29 is 28.7 Å². The number of benzene rings is 2. The number of thiophene rings is 1. The van der Waals surface area contributed by atoms with E-state index in [1.807, 2.05) is 12.2 Å². The number of allylic oxidation sites excluding steroid dienone is 2. The first kappa shape index (κ1) is 25.9. The average molecular weight is 587 g/mol. The van der Waals surface area contributed by atoms with E-state index in [0.29, 0.717) is 16.7 Å². The van der Waals surface area contributed by atoms with Crippen LogP contribution in [0.4, 0.5) is 0 Å². The van der Waals surface area contributed by atoms with Crippen LogP contribution in [-0.2, 0) is 9.59 Å². The zero-order valence-electron chi connectivity index (χ0n) is 21.5. The standard InChI is InChI=1S/C31H23ClN2O6S/c32-23-5-2-1-4-20(23)28(36)33(34-29(37)26-18-11-12-19(22-14-21(18)22)27(26)30(34)38)15-24(35)16-7-9-17(10-8-16)40-31(39)25-6-3-13-41-25/h1-13,18-19,21-22,26-27H,14-15H2/t18-,19-,21-,22+,26-,27+/m0/s1. The van der Waals surface area contributed by atoms with Crippen LogP contribution >= 0.6 is 22.9 Å².